The number of pyridine rings is 1. The van der Waals surface area contributed by atoms with Crippen LogP contribution in [0.5, 0.6) is 5.75 Å². The minimum absolute atomic E-state index is 0.00426. The molecule has 2 aromatic heterocycles. The molecule has 1 aromatic carbocycles. The SMILES string of the molecule is CCOc1ccc(-c2cc3[nH]c(CNCCO)nc3c(C#N)n2)cc1C(F)(F)F. The fourth-order valence-corrected chi connectivity index (χ4v) is 2.85. The lowest BCUT2D eigenvalue weighted by Crippen LogP contribution is -2.18. The average molecular weight is 405 g/mol. The van der Waals surface area contributed by atoms with Gasteiger partial charge in [-0.15, -0.1) is 0 Å². The summed E-state index contributed by atoms with van der Waals surface area (Å²) in [4.78, 5) is 11.5. The normalized spacial score (nSPS) is 11.6. The van der Waals surface area contributed by atoms with Crippen molar-refractivity contribution in [2.45, 2.75) is 19.6 Å². The van der Waals surface area contributed by atoms with Gasteiger partial charge in [0.1, 0.15) is 23.2 Å². The second kappa shape index (κ2) is 8.46. The molecule has 29 heavy (non-hydrogen) atoms. The third kappa shape index (κ3) is 4.47. The summed E-state index contributed by atoms with van der Waals surface area (Å²) in [6.07, 6.45) is -4.60. The summed E-state index contributed by atoms with van der Waals surface area (Å²) >= 11 is 0. The van der Waals surface area contributed by atoms with Gasteiger partial charge in [0.2, 0.25) is 0 Å². The zero-order valence-corrected chi connectivity index (χ0v) is 15.5. The number of rotatable bonds is 7. The number of aliphatic hydroxyl groups excluding tert-OH is 1. The number of aromatic nitrogens is 3. The predicted octanol–water partition coefficient (Wildman–Crippen LogP) is 3.00. The maximum Gasteiger partial charge on any atom is 0.419 e. The van der Waals surface area contributed by atoms with E-state index in [1.54, 1.807) is 13.0 Å². The molecular formula is C19H18F3N5O2. The van der Waals surface area contributed by atoms with Crippen LogP contribution in [-0.4, -0.2) is 39.8 Å². The van der Waals surface area contributed by atoms with Gasteiger partial charge in [-0.1, -0.05) is 0 Å². The zero-order chi connectivity index (χ0) is 21.0. The molecule has 0 radical (unpaired) electrons. The van der Waals surface area contributed by atoms with Gasteiger partial charge in [-0.05, 0) is 31.2 Å². The van der Waals surface area contributed by atoms with Crippen molar-refractivity contribution >= 4 is 11.0 Å². The largest absolute Gasteiger partial charge is 0.493 e. The lowest BCUT2D eigenvalue weighted by Gasteiger charge is -2.14. The van der Waals surface area contributed by atoms with E-state index in [-0.39, 0.29) is 35.9 Å². The van der Waals surface area contributed by atoms with Gasteiger partial charge in [0.15, 0.2) is 5.69 Å². The predicted molar refractivity (Wildman–Crippen MR) is 99.0 cm³/mol. The summed E-state index contributed by atoms with van der Waals surface area (Å²) in [5.41, 5.74) is 0.323. The summed E-state index contributed by atoms with van der Waals surface area (Å²) in [6.45, 7) is 2.38. The minimum Gasteiger partial charge on any atom is -0.493 e. The van der Waals surface area contributed by atoms with Crippen molar-refractivity contribution in [1.82, 2.24) is 20.3 Å². The second-order valence-corrected chi connectivity index (χ2v) is 6.09. The number of benzene rings is 1. The number of nitrogens with one attached hydrogen (secondary N) is 2. The first-order valence-electron chi connectivity index (χ1n) is 8.83. The third-order valence-electron chi connectivity index (χ3n) is 4.09. The highest BCUT2D eigenvalue weighted by atomic mass is 19.4. The van der Waals surface area contributed by atoms with Crippen molar-refractivity contribution < 1.29 is 23.0 Å². The summed E-state index contributed by atoms with van der Waals surface area (Å²) in [6, 6.07) is 7.16. The molecule has 152 valence electrons. The molecule has 0 spiro atoms. The van der Waals surface area contributed by atoms with Crippen LogP contribution in [0.3, 0.4) is 0 Å². The van der Waals surface area contributed by atoms with Crippen LogP contribution in [0.4, 0.5) is 13.2 Å². The fraction of sp³-hybridized carbons (Fsp3) is 0.316. The van der Waals surface area contributed by atoms with E-state index in [0.29, 0.717) is 29.9 Å². The molecule has 0 saturated heterocycles. The highest BCUT2D eigenvalue weighted by Gasteiger charge is 2.35. The Morgan fingerprint density at radius 1 is 1.28 bits per heavy atom. The molecule has 0 fully saturated rings. The first-order valence-corrected chi connectivity index (χ1v) is 8.83. The molecule has 0 aliphatic heterocycles. The molecule has 0 aliphatic carbocycles. The molecule has 0 amide bonds. The van der Waals surface area contributed by atoms with E-state index in [9.17, 15) is 18.4 Å². The topological polar surface area (TPSA) is 107 Å². The summed E-state index contributed by atoms with van der Waals surface area (Å²) in [5, 5.41) is 21.2. The first-order chi connectivity index (χ1) is 13.9. The maximum absolute atomic E-state index is 13.4. The zero-order valence-electron chi connectivity index (χ0n) is 15.5. The molecule has 10 heteroatoms. The molecule has 0 atom stereocenters. The van der Waals surface area contributed by atoms with Crippen LogP contribution in [-0.2, 0) is 12.7 Å². The van der Waals surface area contributed by atoms with Gasteiger partial charge < -0.3 is 20.1 Å². The van der Waals surface area contributed by atoms with E-state index in [2.05, 4.69) is 20.3 Å². The number of H-pyrrole nitrogens is 1. The van der Waals surface area contributed by atoms with Gasteiger partial charge in [0.05, 0.1) is 36.5 Å². The first kappa shape index (κ1) is 20.6. The highest BCUT2D eigenvalue weighted by molar-refractivity contribution is 5.84. The number of fused-ring (bicyclic) bond motifs is 1. The fourth-order valence-electron chi connectivity index (χ4n) is 2.85. The van der Waals surface area contributed by atoms with E-state index < -0.39 is 11.7 Å². The van der Waals surface area contributed by atoms with Crippen LogP contribution < -0.4 is 10.1 Å². The van der Waals surface area contributed by atoms with E-state index in [0.717, 1.165) is 6.07 Å². The van der Waals surface area contributed by atoms with Crippen molar-refractivity contribution in [2.75, 3.05) is 19.8 Å². The average Bonchev–Trinajstić information content (AvgIpc) is 3.10. The molecular weight excluding hydrogens is 387 g/mol. The second-order valence-electron chi connectivity index (χ2n) is 6.09. The summed E-state index contributed by atoms with van der Waals surface area (Å²) in [5.74, 6) is 0.260. The summed E-state index contributed by atoms with van der Waals surface area (Å²) < 4.78 is 45.4. The molecule has 0 aliphatic rings. The molecule has 0 unspecified atom stereocenters. The number of nitriles is 1. The third-order valence-corrected chi connectivity index (χ3v) is 4.09. The smallest absolute Gasteiger partial charge is 0.419 e. The molecule has 0 bridgehead atoms. The van der Waals surface area contributed by atoms with Crippen molar-refractivity contribution in [1.29, 1.82) is 5.26 Å². The summed E-state index contributed by atoms with van der Waals surface area (Å²) in [7, 11) is 0. The lowest BCUT2D eigenvalue weighted by atomic mass is 10.1. The van der Waals surface area contributed by atoms with Crippen LogP contribution in [0.2, 0.25) is 0 Å². The number of hydrogen-bond acceptors (Lipinski definition) is 6. The van der Waals surface area contributed by atoms with Gasteiger partial charge in [0.25, 0.3) is 0 Å². The highest BCUT2D eigenvalue weighted by Crippen LogP contribution is 2.39. The number of ether oxygens (including phenoxy) is 1. The Morgan fingerprint density at radius 3 is 2.72 bits per heavy atom. The maximum atomic E-state index is 13.4. The van der Waals surface area contributed by atoms with E-state index >= 15 is 0 Å². The monoisotopic (exact) mass is 405 g/mol. The van der Waals surface area contributed by atoms with Crippen molar-refractivity contribution in [2.24, 2.45) is 0 Å². The van der Waals surface area contributed by atoms with Crippen molar-refractivity contribution in [3.63, 3.8) is 0 Å². The molecule has 3 rings (SSSR count). The Kier molecular flexibility index (Phi) is 6.00. The van der Waals surface area contributed by atoms with E-state index in [4.69, 9.17) is 9.84 Å². The lowest BCUT2D eigenvalue weighted by molar-refractivity contribution is -0.138. The number of aliphatic hydroxyl groups is 1. The molecule has 0 saturated carbocycles. The Bertz CT molecular complexity index is 1060. The Hall–Kier alpha value is -3.16. The molecule has 7 nitrogen and oxygen atoms in total. The molecule has 2 heterocycles. The number of alkyl halides is 3. The van der Waals surface area contributed by atoms with Crippen LogP contribution >= 0.6 is 0 Å². The molecule has 3 N–H and O–H groups in total. The number of hydrogen-bond donors (Lipinski definition) is 3. The van der Waals surface area contributed by atoms with Crippen LogP contribution in [0.1, 0.15) is 24.0 Å². The van der Waals surface area contributed by atoms with E-state index in [1.807, 2.05) is 6.07 Å². The Balaban J connectivity index is 2.06. The van der Waals surface area contributed by atoms with Gasteiger partial charge >= 0.3 is 6.18 Å². The quantitative estimate of drug-likeness (QED) is 0.522. The number of imidazole rings is 1. The Labute approximate surface area is 164 Å². The number of halogens is 3. The van der Waals surface area contributed by atoms with Gasteiger partial charge in [-0.25, -0.2) is 9.97 Å². The standard InChI is InChI=1S/C19H18F3N5O2/c1-2-29-16-4-3-11(7-12(16)19(20,21)22)13-8-14-18(15(9-23)25-13)27-17(26-14)10-24-5-6-28/h3-4,7-8,24,28H,2,5-6,10H2,1H3,(H,26,27). The Morgan fingerprint density at radius 2 is 2.07 bits per heavy atom. The van der Waals surface area contributed by atoms with Gasteiger partial charge in [-0.3, -0.25) is 0 Å². The minimum atomic E-state index is -4.60. The van der Waals surface area contributed by atoms with Gasteiger partial charge in [-0.2, -0.15) is 18.4 Å². The molecule has 3 aromatic rings. The van der Waals surface area contributed by atoms with Crippen molar-refractivity contribution in [3.8, 4) is 23.1 Å². The van der Waals surface area contributed by atoms with Crippen LogP contribution in [0.15, 0.2) is 24.3 Å². The van der Waals surface area contributed by atoms with Crippen LogP contribution in [0.25, 0.3) is 22.3 Å². The van der Waals surface area contributed by atoms with Crippen molar-refractivity contribution in [3.05, 3.63) is 41.3 Å². The van der Waals surface area contributed by atoms with E-state index in [1.165, 1.54) is 12.1 Å². The number of aromatic amines is 1. The van der Waals surface area contributed by atoms with Crippen LogP contribution in [0, 0.1) is 11.3 Å². The van der Waals surface area contributed by atoms with Gasteiger partial charge in [0, 0.05) is 12.1 Å². The number of nitrogens with zero attached hydrogens (tertiary/aromatic N) is 3.